The number of carboxylic acid groups (broad SMARTS) is 1. The van der Waals surface area contributed by atoms with Crippen molar-refractivity contribution in [2.24, 2.45) is 0 Å². The lowest BCUT2D eigenvalue weighted by atomic mass is 10.0. The van der Waals surface area contributed by atoms with E-state index in [1.807, 2.05) is 0 Å². The van der Waals surface area contributed by atoms with E-state index < -0.39 is 23.5 Å². The number of carboxylic acids is 1. The Labute approximate surface area is 115 Å². The summed E-state index contributed by atoms with van der Waals surface area (Å²) in [4.78, 5) is 22.9. The maximum absolute atomic E-state index is 12.0. The first-order chi connectivity index (χ1) is 8.79. The fraction of sp³-hybridized carbons (Fsp3) is 0.385. The van der Waals surface area contributed by atoms with Gasteiger partial charge in [-0.25, -0.2) is 4.79 Å². The Bertz CT molecular complexity index is 541. The van der Waals surface area contributed by atoms with Gasteiger partial charge in [0.15, 0.2) is 6.10 Å². The highest BCUT2D eigenvalue weighted by Crippen LogP contribution is 2.31. The molecule has 0 radical (unpaired) electrons. The van der Waals surface area contributed by atoms with E-state index in [2.05, 4.69) is 5.32 Å². The van der Waals surface area contributed by atoms with Crippen LogP contribution < -0.4 is 10.1 Å². The van der Waals surface area contributed by atoms with Crippen molar-refractivity contribution < 1.29 is 19.4 Å². The third-order valence-electron chi connectivity index (χ3n) is 2.96. The van der Waals surface area contributed by atoms with Gasteiger partial charge in [-0.15, -0.1) is 0 Å². The summed E-state index contributed by atoms with van der Waals surface area (Å²) in [7, 11) is 0. The van der Waals surface area contributed by atoms with Gasteiger partial charge in [-0.05, 0) is 37.6 Å². The predicted octanol–water partition coefficient (Wildman–Crippen LogP) is 1.62. The molecule has 1 heterocycles. The molecule has 0 fully saturated rings. The Morgan fingerprint density at radius 3 is 2.79 bits per heavy atom. The van der Waals surface area contributed by atoms with Crippen LogP contribution in [0.1, 0.15) is 19.4 Å². The number of hydrogen-bond donors (Lipinski definition) is 2. The third-order valence-corrected chi connectivity index (χ3v) is 3.19. The lowest BCUT2D eigenvalue weighted by Crippen LogP contribution is -2.53. The van der Waals surface area contributed by atoms with Crippen molar-refractivity contribution in [3.05, 3.63) is 28.8 Å². The number of ether oxygens (including phenoxy) is 1. The Morgan fingerprint density at radius 2 is 2.16 bits per heavy atom. The van der Waals surface area contributed by atoms with Crippen molar-refractivity contribution in [1.29, 1.82) is 0 Å². The minimum Gasteiger partial charge on any atom is -0.480 e. The van der Waals surface area contributed by atoms with Gasteiger partial charge in [0.2, 0.25) is 0 Å². The predicted molar refractivity (Wildman–Crippen MR) is 69.4 cm³/mol. The third kappa shape index (κ3) is 2.81. The lowest BCUT2D eigenvalue weighted by Gasteiger charge is -2.22. The number of aliphatic carboxylic acids is 1. The van der Waals surface area contributed by atoms with Crippen molar-refractivity contribution in [2.75, 3.05) is 0 Å². The van der Waals surface area contributed by atoms with E-state index in [-0.39, 0.29) is 0 Å². The number of benzene rings is 1. The number of fused-ring (bicyclic) bond motifs is 1. The van der Waals surface area contributed by atoms with Gasteiger partial charge in [-0.3, -0.25) is 4.79 Å². The molecule has 0 aliphatic carbocycles. The number of rotatable bonds is 3. The fourth-order valence-electron chi connectivity index (χ4n) is 1.81. The van der Waals surface area contributed by atoms with Crippen LogP contribution in [-0.2, 0) is 16.0 Å². The zero-order valence-electron chi connectivity index (χ0n) is 10.6. The van der Waals surface area contributed by atoms with E-state index >= 15 is 0 Å². The average Bonchev–Trinajstić information content (AvgIpc) is 2.71. The minimum absolute atomic E-state index is 0.386. The highest BCUT2D eigenvalue weighted by molar-refractivity contribution is 6.30. The second-order valence-corrected chi connectivity index (χ2v) is 5.42. The molecule has 102 valence electrons. The Balaban J connectivity index is 2.07. The molecular weight excluding hydrogens is 270 g/mol. The fourth-order valence-corrected chi connectivity index (χ4v) is 2.00. The van der Waals surface area contributed by atoms with Gasteiger partial charge in [0.1, 0.15) is 11.3 Å². The molecule has 19 heavy (non-hydrogen) atoms. The summed E-state index contributed by atoms with van der Waals surface area (Å²) in [5.41, 5.74) is -0.479. The van der Waals surface area contributed by atoms with Crippen LogP contribution in [0.15, 0.2) is 18.2 Å². The Morgan fingerprint density at radius 1 is 1.47 bits per heavy atom. The summed E-state index contributed by atoms with van der Waals surface area (Å²) in [6, 6.07) is 5.13. The molecule has 1 aromatic rings. The number of nitrogens with one attached hydrogen (secondary N) is 1. The first-order valence-electron chi connectivity index (χ1n) is 5.80. The topological polar surface area (TPSA) is 75.6 Å². The molecule has 0 aromatic heterocycles. The smallest absolute Gasteiger partial charge is 0.328 e. The number of amides is 1. The van der Waals surface area contributed by atoms with Crippen molar-refractivity contribution in [3.63, 3.8) is 0 Å². The van der Waals surface area contributed by atoms with Gasteiger partial charge in [0.25, 0.3) is 5.91 Å². The molecule has 2 N–H and O–H groups in total. The highest BCUT2D eigenvalue weighted by Gasteiger charge is 2.35. The summed E-state index contributed by atoms with van der Waals surface area (Å²) in [6.45, 7) is 2.85. The maximum Gasteiger partial charge on any atom is 0.328 e. The molecule has 0 bridgehead atoms. The first-order valence-corrected chi connectivity index (χ1v) is 6.18. The van der Waals surface area contributed by atoms with E-state index in [1.165, 1.54) is 13.8 Å². The van der Waals surface area contributed by atoms with Crippen LogP contribution in [0.25, 0.3) is 0 Å². The lowest BCUT2D eigenvalue weighted by molar-refractivity contribution is -0.147. The number of carbonyl (C=O) groups excluding carboxylic acids is 1. The Hall–Kier alpha value is -1.75. The molecule has 5 nitrogen and oxygen atoms in total. The normalized spacial score (nSPS) is 17.5. The van der Waals surface area contributed by atoms with Gasteiger partial charge >= 0.3 is 5.97 Å². The monoisotopic (exact) mass is 283 g/mol. The van der Waals surface area contributed by atoms with Gasteiger partial charge in [0, 0.05) is 11.4 Å². The van der Waals surface area contributed by atoms with Crippen LogP contribution in [0.5, 0.6) is 5.75 Å². The largest absolute Gasteiger partial charge is 0.480 e. The van der Waals surface area contributed by atoms with Crippen molar-refractivity contribution in [1.82, 2.24) is 5.32 Å². The van der Waals surface area contributed by atoms with Gasteiger partial charge in [-0.1, -0.05) is 11.6 Å². The van der Waals surface area contributed by atoms with E-state index in [1.54, 1.807) is 18.2 Å². The van der Waals surface area contributed by atoms with Crippen LogP contribution in [0.2, 0.25) is 5.02 Å². The van der Waals surface area contributed by atoms with Crippen LogP contribution in [0, 0.1) is 0 Å². The quantitative estimate of drug-likeness (QED) is 0.884. The van der Waals surface area contributed by atoms with Gasteiger partial charge in [-0.2, -0.15) is 0 Å². The zero-order valence-corrected chi connectivity index (χ0v) is 11.3. The molecule has 1 aliphatic heterocycles. The molecule has 1 atom stereocenters. The van der Waals surface area contributed by atoms with Gasteiger partial charge in [0.05, 0.1) is 0 Å². The zero-order chi connectivity index (χ0) is 14.2. The molecule has 1 amide bonds. The van der Waals surface area contributed by atoms with Gasteiger partial charge < -0.3 is 15.2 Å². The van der Waals surface area contributed by atoms with E-state index in [4.69, 9.17) is 21.4 Å². The molecule has 0 spiro atoms. The first kappa shape index (κ1) is 13.7. The molecule has 6 heteroatoms. The van der Waals surface area contributed by atoms with Crippen molar-refractivity contribution in [2.45, 2.75) is 31.9 Å². The molecule has 1 aromatic carbocycles. The second kappa shape index (κ2) is 4.74. The molecule has 1 unspecified atom stereocenters. The maximum atomic E-state index is 12.0. The SMILES string of the molecule is CC(C)(NC(=O)C1Cc2cc(Cl)ccc2O1)C(=O)O. The van der Waals surface area contributed by atoms with Crippen LogP contribution in [0.4, 0.5) is 0 Å². The van der Waals surface area contributed by atoms with Crippen molar-refractivity contribution >= 4 is 23.5 Å². The summed E-state index contributed by atoms with van der Waals surface area (Å²) >= 11 is 5.86. The second-order valence-electron chi connectivity index (χ2n) is 4.98. The molecule has 1 aliphatic rings. The Kier molecular flexibility index (Phi) is 3.41. The van der Waals surface area contributed by atoms with Crippen LogP contribution >= 0.6 is 11.6 Å². The number of hydrogen-bond acceptors (Lipinski definition) is 3. The number of halogens is 1. The van der Waals surface area contributed by atoms with Crippen LogP contribution in [0.3, 0.4) is 0 Å². The molecule has 0 saturated heterocycles. The average molecular weight is 284 g/mol. The highest BCUT2D eigenvalue weighted by atomic mass is 35.5. The van der Waals surface area contributed by atoms with E-state index in [0.29, 0.717) is 17.2 Å². The van der Waals surface area contributed by atoms with E-state index in [9.17, 15) is 9.59 Å². The molecule has 0 saturated carbocycles. The van der Waals surface area contributed by atoms with Crippen molar-refractivity contribution in [3.8, 4) is 5.75 Å². The van der Waals surface area contributed by atoms with Crippen LogP contribution in [-0.4, -0.2) is 28.6 Å². The molecular formula is C13H14ClNO4. The standard InChI is InChI=1S/C13H14ClNO4/c1-13(2,12(17)18)15-11(16)10-6-7-5-8(14)3-4-9(7)19-10/h3-5,10H,6H2,1-2H3,(H,15,16)(H,17,18). The minimum atomic E-state index is -1.33. The summed E-state index contributed by atoms with van der Waals surface area (Å²) in [5, 5.41) is 12.0. The van der Waals surface area contributed by atoms with E-state index in [0.717, 1.165) is 5.56 Å². The summed E-state index contributed by atoms with van der Waals surface area (Å²) < 4.78 is 5.49. The summed E-state index contributed by atoms with van der Waals surface area (Å²) in [5.74, 6) is -0.934. The molecule has 2 rings (SSSR count). The summed E-state index contributed by atoms with van der Waals surface area (Å²) in [6.07, 6.45) is -0.329. The number of carbonyl (C=O) groups is 2.